The average Bonchev–Trinajstić information content (AvgIpc) is 2.74. The molecule has 0 atom stereocenters. The number of carbonyl (C=O) groups is 1. The van der Waals surface area contributed by atoms with Crippen LogP contribution >= 0.6 is 0 Å². The Hall–Kier alpha value is -3.06. The molecule has 3 aromatic rings. The Kier molecular flexibility index (Phi) is 5.43. The third-order valence-corrected chi connectivity index (χ3v) is 5.03. The van der Waals surface area contributed by atoms with Gasteiger partial charge >= 0.3 is 0 Å². The molecule has 0 unspecified atom stereocenters. The number of nitrogens with one attached hydrogen (secondary N) is 1. The van der Waals surface area contributed by atoms with Gasteiger partial charge in [-0.2, -0.15) is 0 Å². The highest BCUT2D eigenvalue weighted by atomic mass is 16.1. The van der Waals surface area contributed by atoms with Crippen LogP contribution in [-0.4, -0.2) is 46.5 Å². The molecule has 144 valence electrons. The molecule has 0 spiro atoms. The fourth-order valence-corrected chi connectivity index (χ4v) is 3.59. The first-order chi connectivity index (χ1) is 13.7. The molecule has 1 amide bonds. The van der Waals surface area contributed by atoms with Crippen LogP contribution in [0.3, 0.4) is 0 Å². The monoisotopic (exact) mass is 376 g/mol. The molecule has 4 rings (SSSR count). The van der Waals surface area contributed by atoms with Gasteiger partial charge in [0.25, 0.3) is 0 Å². The quantitative estimate of drug-likeness (QED) is 0.708. The number of rotatable bonds is 5. The maximum Gasteiger partial charge on any atom is 0.221 e. The molecule has 3 N–H and O–H groups in total. The molecule has 1 aromatic carbocycles. The minimum absolute atomic E-state index is 0.0345. The standard InChI is InChI=1S/C21H24N6O/c22-10-7-19(28)24-16-8-12-27(13-9-16)21-17-5-1-2-6-18(17)25-20(26-21)15-4-3-11-23-14-15/h1-6,11,14,16H,7-10,12-13,22H2,(H,24,28). The van der Waals surface area contributed by atoms with Gasteiger partial charge in [0.15, 0.2) is 5.82 Å². The third-order valence-electron chi connectivity index (χ3n) is 5.03. The summed E-state index contributed by atoms with van der Waals surface area (Å²) >= 11 is 0. The number of para-hydroxylation sites is 1. The maximum atomic E-state index is 11.8. The summed E-state index contributed by atoms with van der Waals surface area (Å²) in [6, 6.07) is 12.1. The number of piperidine rings is 1. The average molecular weight is 376 g/mol. The summed E-state index contributed by atoms with van der Waals surface area (Å²) in [5, 5.41) is 4.12. The van der Waals surface area contributed by atoms with Gasteiger partial charge in [-0.3, -0.25) is 9.78 Å². The van der Waals surface area contributed by atoms with Crippen molar-refractivity contribution in [2.24, 2.45) is 5.73 Å². The molecule has 1 aliphatic rings. The lowest BCUT2D eigenvalue weighted by Crippen LogP contribution is -2.45. The van der Waals surface area contributed by atoms with E-state index >= 15 is 0 Å². The fraction of sp³-hybridized carbons (Fsp3) is 0.333. The number of hydrogen-bond acceptors (Lipinski definition) is 6. The first kappa shape index (κ1) is 18.3. The van der Waals surface area contributed by atoms with E-state index in [0.717, 1.165) is 48.2 Å². The number of amides is 1. The van der Waals surface area contributed by atoms with E-state index < -0.39 is 0 Å². The predicted molar refractivity (Wildman–Crippen MR) is 110 cm³/mol. The molecule has 0 radical (unpaired) electrons. The second-order valence-corrected chi connectivity index (χ2v) is 7.00. The number of aromatic nitrogens is 3. The van der Waals surface area contributed by atoms with Gasteiger partial charge in [0, 0.05) is 55.4 Å². The highest BCUT2D eigenvalue weighted by Crippen LogP contribution is 2.29. The molecular weight excluding hydrogens is 352 g/mol. The molecule has 0 saturated carbocycles. The smallest absolute Gasteiger partial charge is 0.221 e. The minimum atomic E-state index is 0.0345. The van der Waals surface area contributed by atoms with Crippen LogP contribution in [0.5, 0.6) is 0 Å². The molecule has 1 saturated heterocycles. The topological polar surface area (TPSA) is 97.0 Å². The Morgan fingerprint density at radius 3 is 2.71 bits per heavy atom. The number of nitrogens with two attached hydrogens (primary N) is 1. The molecule has 1 aliphatic heterocycles. The van der Waals surface area contributed by atoms with E-state index in [2.05, 4.69) is 21.3 Å². The van der Waals surface area contributed by atoms with Gasteiger partial charge in [-0.1, -0.05) is 12.1 Å². The molecule has 0 bridgehead atoms. The SMILES string of the molecule is NCCC(=O)NC1CCN(c2nc(-c3cccnc3)nc3ccccc23)CC1. The van der Waals surface area contributed by atoms with E-state index in [-0.39, 0.29) is 11.9 Å². The summed E-state index contributed by atoms with van der Waals surface area (Å²) in [7, 11) is 0. The van der Waals surface area contributed by atoms with Crippen LogP contribution in [0.4, 0.5) is 5.82 Å². The van der Waals surface area contributed by atoms with Crippen LogP contribution in [0.2, 0.25) is 0 Å². The van der Waals surface area contributed by atoms with Crippen molar-refractivity contribution in [3.05, 3.63) is 48.8 Å². The Bertz CT molecular complexity index is 954. The van der Waals surface area contributed by atoms with Crippen molar-refractivity contribution < 1.29 is 4.79 Å². The van der Waals surface area contributed by atoms with Gasteiger partial charge in [-0.15, -0.1) is 0 Å². The molecule has 7 heteroatoms. The lowest BCUT2D eigenvalue weighted by molar-refractivity contribution is -0.121. The molecule has 3 heterocycles. The third kappa shape index (κ3) is 3.94. The molecule has 1 fully saturated rings. The summed E-state index contributed by atoms with van der Waals surface area (Å²) in [6.45, 7) is 2.05. The van der Waals surface area contributed by atoms with E-state index in [1.165, 1.54) is 0 Å². The molecular formula is C21H24N6O. The van der Waals surface area contributed by atoms with Crippen LogP contribution < -0.4 is 16.0 Å². The van der Waals surface area contributed by atoms with Crippen LogP contribution in [0.15, 0.2) is 48.8 Å². The number of pyridine rings is 1. The van der Waals surface area contributed by atoms with Gasteiger partial charge in [-0.25, -0.2) is 9.97 Å². The molecule has 28 heavy (non-hydrogen) atoms. The second kappa shape index (κ2) is 8.31. The van der Waals surface area contributed by atoms with Gasteiger partial charge in [-0.05, 0) is 37.1 Å². The van der Waals surface area contributed by atoms with Crippen molar-refractivity contribution in [1.29, 1.82) is 0 Å². The van der Waals surface area contributed by atoms with Crippen LogP contribution in [0.25, 0.3) is 22.3 Å². The summed E-state index contributed by atoms with van der Waals surface area (Å²) in [5.41, 5.74) is 7.28. The number of nitrogens with zero attached hydrogens (tertiary/aromatic N) is 4. The van der Waals surface area contributed by atoms with E-state index in [0.29, 0.717) is 18.8 Å². The Balaban J connectivity index is 1.59. The van der Waals surface area contributed by atoms with Gasteiger partial charge in [0.2, 0.25) is 5.91 Å². The van der Waals surface area contributed by atoms with Crippen molar-refractivity contribution in [2.75, 3.05) is 24.5 Å². The summed E-state index contributed by atoms with van der Waals surface area (Å²) in [6.07, 6.45) is 5.68. The molecule has 7 nitrogen and oxygen atoms in total. The summed E-state index contributed by atoms with van der Waals surface area (Å²) in [4.78, 5) is 27.9. The van der Waals surface area contributed by atoms with Crippen molar-refractivity contribution in [1.82, 2.24) is 20.3 Å². The van der Waals surface area contributed by atoms with Crippen LogP contribution in [-0.2, 0) is 4.79 Å². The largest absolute Gasteiger partial charge is 0.356 e. The maximum absolute atomic E-state index is 11.8. The van der Waals surface area contributed by atoms with E-state index in [4.69, 9.17) is 15.7 Å². The summed E-state index contributed by atoms with van der Waals surface area (Å²) in [5.74, 6) is 1.66. The minimum Gasteiger partial charge on any atom is -0.356 e. The second-order valence-electron chi connectivity index (χ2n) is 7.00. The van der Waals surface area contributed by atoms with Crippen molar-refractivity contribution in [2.45, 2.75) is 25.3 Å². The van der Waals surface area contributed by atoms with Crippen molar-refractivity contribution in [3.8, 4) is 11.4 Å². The highest BCUT2D eigenvalue weighted by Gasteiger charge is 2.23. The lowest BCUT2D eigenvalue weighted by Gasteiger charge is -2.33. The predicted octanol–water partition coefficient (Wildman–Crippen LogP) is 2.13. The normalized spacial score (nSPS) is 15.0. The number of carbonyl (C=O) groups excluding carboxylic acids is 1. The number of hydrogen-bond donors (Lipinski definition) is 2. The Morgan fingerprint density at radius 2 is 1.96 bits per heavy atom. The number of fused-ring (bicyclic) bond motifs is 1. The number of anilines is 1. The zero-order valence-corrected chi connectivity index (χ0v) is 15.7. The summed E-state index contributed by atoms with van der Waals surface area (Å²) < 4.78 is 0. The number of benzene rings is 1. The first-order valence-corrected chi connectivity index (χ1v) is 9.66. The van der Waals surface area contributed by atoms with E-state index in [1.54, 1.807) is 12.4 Å². The molecule has 2 aromatic heterocycles. The lowest BCUT2D eigenvalue weighted by atomic mass is 10.0. The van der Waals surface area contributed by atoms with Gasteiger partial charge in [0.1, 0.15) is 5.82 Å². The zero-order chi connectivity index (χ0) is 19.3. The van der Waals surface area contributed by atoms with Crippen LogP contribution in [0, 0.1) is 0 Å². The van der Waals surface area contributed by atoms with E-state index in [9.17, 15) is 4.79 Å². The first-order valence-electron chi connectivity index (χ1n) is 9.66. The fourth-order valence-electron chi connectivity index (χ4n) is 3.59. The Labute approximate surface area is 164 Å². The molecule has 0 aliphatic carbocycles. The van der Waals surface area contributed by atoms with Gasteiger partial charge < -0.3 is 16.0 Å². The van der Waals surface area contributed by atoms with Crippen molar-refractivity contribution >= 4 is 22.6 Å². The van der Waals surface area contributed by atoms with Crippen LogP contribution in [0.1, 0.15) is 19.3 Å². The zero-order valence-electron chi connectivity index (χ0n) is 15.7. The Morgan fingerprint density at radius 1 is 1.14 bits per heavy atom. The highest BCUT2D eigenvalue weighted by molar-refractivity contribution is 5.91. The van der Waals surface area contributed by atoms with Gasteiger partial charge in [0.05, 0.1) is 5.52 Å². The van der Waals surface area contributed by atoms with E-state index in [1.807, 2.05) is 30.3 Å². The van der Waals surface area contributed by atoms with Crippen molar-refractivity contribution in [3.63, 3.8) is 0 Å².